The van der Waals surface area contributed by atoms with Crippen LogP contribution in [0.1, 0.15) is 13.8 Å². The smallest absolute Gasteiger partial charge is 0.257 e. The molecule has 1 rings (SSSR count). The zero-order valence-corrected chi connectivity index (χ0v) is 6.23. The van der Waals surface area contributed by atoms with Crippen molar-refractivity contribution in [3.63, 3.8) is 0 Å². The van der Waals surface area contributed by atoms with E-state index in [0.29, 0.717) is 0 Å². The molecule has 1 aliphatic heterocycles. The first kappa shape index (κ1) is 7.92. The van der Waals surface area contributed by atoms with Crippen LogP contribution < -0.4 is 0 Å². The van der Waals surface area contributed by atoms with Crippen molar-refractivity contribution >= 4 is 0 Å². The van der Waals surface area contributed by atoms with Crippen molar-refractivity contribution < 1.29 is 13.5 Å². The summed E-state index contributed by atoms with van der Waals surface area (Å²) >= 11 is 0. The second-order valence-corrected chi connectivity index (χ2v) is 3.06. The molecule has 0 atom stereocenters. The first-order valence-electron chi connectivity index (χ1n) is 3.50. The summed E-state index contributed by atoms with van der Waals surface area (Å²) in [5.74, 6) is -3.63. The Labute approximate surface area is 59.4 Å². The van der Waals surface area contributed by atoms with Crippen molar-refractivity contribution in [2.45, 2.75) is 19.8 Å². The van der Waals surface area contributed by atoms with Crippen LogP contribution in [0.5, 0.6) is 0 Å². The molecule has 0 aromatic rings. The zero-order chi connectivity index (χ0) is 7.78. The fraction of sp³-hybridized carbons (Fsp3) is 1.00. The molecule has 0 saturated carbocycles. The summed E-state index contributed by atoms with van der Waals surface area (Å²) in [4.78, 5) is 0. The molecule has 0 aromatic heterocycles. The molecule has 0 spiro atoms. The minimum absolute atomic E-state index is 0.227. The van der Waals surface area contributed by atoms with Crippen LogP contribution in [0.2, 0.25) is 0 Å². The molecular formula is C7H12F2O. The molecule has 1 nitrogen and oxygen atoms in total. The van der Waals surface area contributed by atoms with Gasteiger partial charge in [-0.2, -0.15) is 0 Å². The Morgan fingerprint density at radius 3 is 2.00 bits per heavy atom. The Balaban J connectivity index is 2.48. The molecule has 3 heteroatoms. The highest BCUT2D eigenvalue weighted by Crippen LogP contribution is 2.36. The van der Waals surface area contributed by atoms with Crippen molar-refractivity contribution in [3.05, 3.63) is 0 Å². The Morgan fingerprint density at radius 2 is 1.90 bits per heavy atom. The molecule has 0 N–H and O–H groups in total. The Kier molecular flexibility index (Phi) is 1.95. The van der Waals surface area contributed by atoms with Crippen LogP contribution in [0.15, 0.2) is 0 Å². The summed E-state index contributed by atoms with van der Waals surface area (Å²) in [5, 5.41) is 0. The van der Waals surface area contributed by atoms with Crippen molar-refractivity contribution in [2.24, 2.45) is 11.8 Å². The minimum atomic E-state index is -2.53. The van der Waals surface area contributed by atoms with Gasteiger partial charge in [0, 0.05) is 5.92 Å². The lowest BCUT2D eigenvalue weighted by Crippen LogP contribution is -2.45. The average molecular weight is 150 g/mol. The number of ether oxygens (including phenoxy) is 1. The molecule has 1 aliphatic rings. The van der Waals surface area contributed by atoms with Crippen molar-refractivity contribution in [1.82, 2.24) is 0 Å². The third-order valence-electron chi connectivity index (χ3n) is 1.95. The summed E-state index contributed by atoms with van der Waals surface area (Å²) in [6.07, 6.45) is 0. The maximum atomic E-state index is 12.9. The van der Waals surface area contributed by atoms with E-state index in [4.69, 9.17) is 4.74 Å². The highest BCUT2D eigenvalue weighted by Gasteiger charge is 2.46. The first-order chi connectivity index (χ1) is 4.55. The van der Waals surface area contributed by atoms with Crippen LogP contribution in [-0.2, 0) is 4.74 Å². The van der Waals surface area contributed by atoms with Crippen molar-refractivity contribution in [3.8, 4) is 0 Å². The molecule has 1 heterocycles. The van der Waals surface area contributed by atoms with Crippen LogP contribution in [0.4, 0.5) is 8.78 Å². The molecular weight excluding hydrogens is 138 g/mol. The van der Waals surface area contributed by atoms with Gasteiger partial charge in [-0.25, -0.2) is 8.78 Å². The van der Waals surface area contributed by atoms with Crippen LogP contribution in [0.3, 0.4) is 0 Å². The second-order valence-electron chi connectivity index (χ2n) is 3.06. The van der Waals surface area contributed by atoms with E-state index < -0.39 is 17.8 Å². The predicted molar refractivity (Wildman–Crippen MR) is 34.1 cm³/mol. The van der Waals surface area contributed by atoms with Crippen molar-refractivity contribution in [1.29, 1.82) is 0 Å². The topological polar surface area (TPSA) is 9.23 Å². The number of hydrogen-bond donors (Lipinski definition) is 0. The largest absolute Gasteiger partial charge is 0.380 e. The van der Waals surface area contributed by atoms with E-state index in [9.17, 15) is 8.78 Å². The van der Waals surface area contributed by atoms with Gasteiger partial charge in [-0.1, -0.05) is 13.8 Å². The van der Waals surface area contributed by atoms with E-state index in [0.717, 1.165) is 0 Å². The summed E-state index contributed by atoms with van der Waals surface area (Å²) in [6.45, 7) is 3.53. The molecule has 0 bridgehead atoms. The van der Waals surface area contributed by atoms with E-state index in [1.54, 1.807) is 13.8 Å². The highest BCUT2D eigenvalue weighted by atomic mass is 19.3. The monoisotopic (exact) mass is 150 g/mol. The predicted octanol–water partition coefficient (Wildman–Crippen LogP) is 1.92. The fourth-order valence-electron chi connectivity index (χ4n) is 0.929. The number of halogens is 2. The first-order valence-corrected chi connectivity index (χ1v) is 3.50. The molecule has 1 saturated heterocycles. The van der Waals surface area contributed by atoms with E-state index in [1.165, 1.54) is 0 Å². The van der Waals surface area contributed by atoms with Gasteiger partial charge in [0.2, 0.25) is 0 Å². The highest BCUT2D eigenvalue weighted by molar-refractivity contribution is 4.83. The lowest BCUT2D eigenvalue weighted by Gasteiger charge is -2.35. The van der Waals surface area contributed by atoms with Crippen LogP contribution in [0.25, 0.3) is 0 Å². The summed E-state index contributed by atoms with van der Waals surface area (Å²) in [6, 6.07) is 0. The quantitative estimate of drug-likeness (QED) is 0.584. The van der Waals surface area contributed by atoms with Gasteiger partial charge in [0.1, 0.15) is 0 Å². The minimum Gasteiger partial charge on any atom is -0.380 e. The number of rotatable bonds is 2. The molecule has 0 aromatic carbocycles. The normalized spacial score (nSPS) is 21.3. The summed E-state index contributed by atoms with van der Waals surface area (Å²) in [7, 11) is 0. The van der Waals surface area contributed by atoms with Gasteiger partial charge in [0.25, 0.3) is 5.92 Å². The lowest BCUT2D eigenvalue weighted by atomic mass is 9.91. The molecule has 10 heavy (non-hydrogen) atoms. The standard InChI is InChI=1S/C7H12F2O/c1-5(2)7(8,9)6-3-10-4-6/h5-6H,3-4H2,1-2H3. The van der Waals surface area contributed by atoms with Gasteiger partial charge in [0.15, 0.2) is 0 Å². The second kappa shape index (κ2) is 2.46. The molecule has 1 fully saturated rings. The average Bonchev–Trinajstić information content (AvgIpc) is 1.57. The van der Waals surface area contributed by atoms with E-state index in [2.05, 4.69) is 0 Å². The number of alkyl halides is 2. The van der Waals surface area contributed by atoms with Crippen LogP contribution in [0, 0.1) is 11.8 Å². The summed E-state index contributed by atoms with van der Waals surface area (Å²) < 4.78 is 30.5. The van der Waals surface area contributed by atoms with Gasteiger partial charge >= 0.3 is 0 Å². The van der Waals surface area contributed by atoms with E-state index in [1.807, 2.05) is 0 Å². The Morgan fingerprint density at radius 1 is 1.40 bits per heavy atom. The van der Waals surface area contributed by atoms with Gasteiger partial charge in [-0.15, -0.1) is 0 Å². The Bertz CT molecular complexity index is 119. The zero-order valence-electron chi connectivity index (χ0n) is 6.23. The molecule has 0 aliphatic carbocycles. The van der Waals surface area contributed by atoms with E-state index in [-0.39, 0.29) is 13.2 Å². The SMILES string of the molecule is CC(C)C(F)(F)C1COC1. The van der Waals surface area contributed by atoms with Crippen molar-refractivity contribution in [2.75, 3.05) is 13.2 Å². The van der Waals surface area contributed by atoms with Crippen LogP contribution >= 0.6 is 0 Å². The van der Waals surface area contributed by atoms with Crippen LogP contribution in [-0.4, -0.2) is 19.1 Å². The third kappa shape index (κ3) is 1.15. The molecule has 60 valence electrons. The maximum absolute atomic E-state index is 12.9. The molecule has 0 radical (unpaired) electrons. The van der Waals surface area contributed by atoms with Gasteiger partial charge in [-0.3, -0.25) is 0 Å². The fourth-order valence-corrected chi connectivity index (χ4v) is 0.929. The maximum Gasteiger partial charge on any atom is 0.257 e. The summed E-state index contributed by atoms with van der Waals surface area (Å²) in [5.41, 5.74) is 0. The molecule has 0 unspecified atom stereocenters. The lowest BCUT2D eigenvalue weighted by molar-refractivity contribution is -0.190. The Hall–Kier alpha value is -0.180. The van der Waals surface area contributed by atoms with Gasteiger partial charge in [0.05, 0.1) is 19.1 Å². The third-order valence-corrected chi connectivity index (χ3v) is 1.95. The number of hydrogen-bond acceptors (Lipinski definition) is 1. The van der Waals surface area contributed by atoms with Gasteiger partial charge < -0.3 is 4.74 Å². The van der Waals surface area contributed by atoms with E-state index >= 15 is 0 Å². The van der Waals surface area contributed by atoms with Gasteiger partial charge in [-0.05, 0) is 0 Å². The molecule has 0 amide bonds.